The van der Waals surface area contributed by atoms with Gasteiger partial charge >= 0.3 is 0 Å². The molecule has 2 aromatic heterocycles. The third kappa shape index (κ3) is 3.87. The number of aromatic nitrogens is 4. The Morgan fingerprint density at radius 2 is 2.07 bits per heavy atom. The van der Waals surface area contributed by atoms with E-state index in [1.807, 2.05) is 16.6 Å². The highest BCUT2D eigenvalue weighted by Gasteiger charge is 2.29. The Balaban J connectivity index is 1.30. The molecule has 0 atom stereocenters. The van der Waals surface area contributed by atoms with Crippen molar-refractivity contribution in [1.29, 1.82) is 0 Å². The van der Waals surface area contributed by atoms with Gasteiger partial charge in [-0.1, -0.05) is 17.4 Å². The van der Waals surface area contributed by atoms with Crippen molar-refractivity contribution in [3.63, 3.8) is 0 Å². The molecule has 0 saturated heterocycles. The topological polar surface area (TPSA) is 90.6 Å². The van der Waals surface area contributed by atoms with Crippen LogP contribution in [-0.2, 0) is 17.6 Å². The fourth-order valence-corrected chi connectivity index (χ4v) is 3.76. The largest absolute Gasteiger partial charge is 0.493 e. The van der Waals surface area contributed by atoms with Gasteiger partial charge in [-0.05, 0) is 30.5 Å². The van der Waals surface area contributed by atoms with Crippen LogP contribution in [0.3, 0.4) is 0 Å². The van der Waals surface area contributed by atoms with Crippen LogP contribution < -0.4 is 14.8 Å². The molecule has 1 aromatic carbocycles. The molecule has 4 rings (SSSR count). The van der Waals surface area contributed by atoms with E-state index in [1.54, 1.807) is 20.3 Å². The molecule has 9 heteroatoms. The Morgan fingerprint density at radius 1 is 1.26 bits per heavy atom. The zero-order valence-electron chi connectivity index (χ0n) is 15.3. The average molecular weight is 387 g/mol. The van der Waals surface area contributed by atoms with E-state index in [1.165, 1.54) is 24.2 Å². The molecule has 3 aromatic rings. The van der Waals surface area contributed by atoms with Crippen molar-refractivity contribution in [1.82, 2.24) is 25.1 Å². The quantitative estimate of drug-likeness (QED) is 0.636. The highest BCUT2D eigenvalue weighted by molar-refractivity contribution is 7.16. The number of benzene rings is 1. The van der Waals surface area contributed by atoms with Crippen molar-refractivity contribution >= 4 is 22.2 Å². The Labute approximate surface area is 160 Å². The van der Waals surface area contributed by atoms with Gasteiger partial charge in [0.1, 0.15) is 5.01 Å². The molecule has 8 nitrogen and oxygen atoms in total. The van der Waals surface area contributed by atoms with E-state index in [-0.39, 0.29) is 12.3 Å². The van der Waals surface area contributed by atoms with Crippen LogP contribution in [0.1, 0.15) is 35.2 Å². The predicted octanol–water partition coefficient (Wildman–Crippen LogP) is 1.98. The van der Waals surface area contributed by atoms with E-state index < -0.39 is 0 Å². The third-order valence-electron chi connectivity index (χ3n) is 4.47. The summed E-state index contributed by atoms with van der Waals surface area (Å²) in [5, 5.41) is 16.9. The summed E-state index contributed by atoms with van der Waals surface area (Å²) in [4.78, 5) is 13.0. The minimum absolute atomic E-state index is 0.0381. The van der Waals surface area contributed by atoms with Crippen LogP contribution in [0.2, 0.25) is 0 Å². The van der Waals surface area contributed by atoms with Gasteiger partial charge in [0.2, 0.25) is 10.9 Å². The normalized spacial score (nSPS) is 13.7. The third-order valence-corrected chi connectivity index (χ3v) is 5.43. The number of ether oxygens (including phenoxy) is 2. The molecule has 0 radical (unpaired) electrons. The molecule has 0 unspecified atom stereocenters. The summed E-state index contributed by atoms with van der Waals surface area (Å²) in [7, 11) is 3.17. The molecule has 1 aliphatic carbocycles. The number of amides is 1. The van der Waals surface area contributed by atoms with E-state index in [4.69, 9.17) is 9.47 Å². The highest BCUT2D eigenvalue weighted by atomic mass is 32.1. The first-order chi connectivity index (χ1) is 13.2. The fraction of sp³-hybridized carbons (Fsp3) is 0.444. The summed E-state index contributed by atoms with van der Waals surface area (Å²) in [6.45, 7) is 0.537. The van der Waals surface area contributed by atoms with Gasteiger partial charge in [0.15, 0.2) is 17.3 Å². The number of hydrogen-bond donors (Lipinski definition) is 1. The van der Waals surface area contributed by atoms with E-state index in [0.29, 0.717) is 30.4 Å². The number of nitrogens with one attached hydrogen (secondary N) is 1. The van der Waals surface area contributed by atoms with Crippen LogP contribution in [-0.4, -0.2) is 46.5 Å². The molecular weight excluding hydrogens is 366 g/mol. The Hall–Kier alpha value is -2.68. The second-order valence-electron chi connectivity index (χ2n) is 6.49. The van der Waals surface area contributed by atoms with Gasteiger partial charge in [0, 0.05) is 18.9 Å². The van der Waals surface area contributed by atoms with Gasteiger partial charge in [0.25, 0.3) is 0 Å². The van der Waals surface area contributed by atoms with Crippen LogP contribution in [0.25, 0.3) is 4.96 Å². The number of nitrogens with zero attached hydrogens (tertiary/aromatic N) is 4. The molecule has 0 aliphatic heterocycles. The first-order valence-electron chi connectivity index (χ1n) is 8.86. The number of hydrogen-bond acceptors (Lipinski definition) is 7. The highest BCUT2D eigenvalue weighted by Crippen LogP contribution is 2.39. The van der Waals surface area contributed by atoms with Crippen molar-refractivity contribution in [2.45, 2.75) is 31.6 Å². The van der Waals surface area contributed by atoms with Crippen molar-refractivity contribution in [3.8, 4) is 11.5 Å². The summed E-state index contributed by atoms with van der Waals surface area (Å²) in [6, 6.07) is 5.49. The maximum atomic E-state index is 12.2. The number of methoxy groups -OCH3 is 2. The van der Waals surface area contributed by atoms with Crippen LogP contribution in [0, 0.1) is 0 Å². The SMILES string of the molecule is COc1ccc(CC(=O)NCCc2nn3c(C4CC4)nnc3s2)cc1OC. The van der Waals surface area contributed by atoms with Gasteiger partial charge in [-0.25, -0.2) is 0 Å². The average Bonchev–Trinajstić information content (AvgIpc) is 3.31. The minimum atomic E-state index is -0.0381. The van der Waals surface area contributed by atoms with Gasteiger partial charge < -0.3 is 14.8 Å². The lowest BCUT2D eigenvalue weighted by Gasteiger charge is -2.09. The number of carbonyl (C=O) groups excluding carboxylic acids is 1. The van der Waals surface area contributed by atoms with E-state index >= 15 is 0 Å². The Morgan fingerprint density at radius 3 is 2.81 bits per heavy atom. The molecule has 0 bridgehead atoms. The minimum Gasteiger partial charge on any atom is -0.493 e. The number of carbonyl (C=O) groups is 1. The van der Waals surface area contributed by atoms with Crippen molar-refractivity contribution < 1.29 is 14.3 Å². The maximum Gasteiger partial charge on any atom is 0.234 e. The van der Waals surface area contributed by atoms with Gasteiger partial charge in [0.05, 0.1) is 20.6 Å². The second kappa shape index (κ2) is 7.51. The summed E-state index contributed by atoms with van der Waals surface area (Å²) in [5.74, 6) is 2.70. The molecule has 1 saturated carbocycles. The summed E-state index contributed by atoms with van der Waals surface area (Å²) in [6.07, 6.45) is 3.30. The molecule has 0 spiro atoms. The predicted molar refractivity (Wildman–Crippen MR) is 101 cm³/mol. The monoisotopic (exact) mass is 387 g/mol. The molecule has 1 aliphatic rings. The molecule has 1 fully saturated rings. The lowest BCUT2D eigenvalue weighted by molar-refractivity contribution is -0.120. The molecule has 27 heavy (non-hydrogen) atoms. The lowest BCUT2D eigenvalue weighted by Crippen LogP contribution is -2.27. The molecule has 1 amide bonds. The van der Waals surface area contributed by atoms with E-state index in [2.05, 4.69) is 20.6 Å². The fourth-order valence-electron chi connectivity index (χ4n) is 2.92. The molecular formula is C18H21N5O3S. The first kappa shape index (κ1) is 17.7. The first-order valence-corrected chi connectivity index (χ1v) is 9.68. The van der Waals surface area contributed by atoms with Gasteiger partial charge in [-0.15, -0.1) is 10.2 Å². The zero-order valence-corrected chi connectivity index (χ0v) is 16.1. The standard InChI is InChI=1S/C18H21N5O3S/c1-25-13-6-3-11(9-14(13)26-2)10-15(24)19-8-7-16-22-23-17(12-4-5-12)20-21-18(23)27-16/h3,6,9,12H,4-5,7-8,10H2,1-2H3,(H,19,24). The van der Waals surface area contributed by atoms with Crippen molar-refractivity contribution in [2.75, 3.05) is 20.8 Å². The number of rotatable bonds is 8. The van der Waals surface area contributed by atoms with Crippen molar-refractivity contribution in [2.24, 2.45) is 0 Å². The zero-order chi connectivity index (χ0) is 18.8. The van der Waals surface area contributed by atoms with Crippen LogP contribution >= 0.6 is 11.3 Å². The van der Waals surface area contributed by atoms with Gasteiger partial charge in [-0.3, -0.25) is 4.79 Å². The maximum absolute atomic E-state index is 12.2. The second-order valence-corrected chi connectivity index (χ2v) is 7.53. The summed E-state index contributed by atoms with van der Waals surface area (Å²) < 4.78 is 12.3. The Bertz CT molecular complexity index is 963. The number of fused-ring (bicyclic) bond motifs is 1. The van der Waals surface area contributed by atoms with E-state index in [0.717, 1.165) is 21.4 Å². The molecule has 2 heterocycles. The van der Waals surface area contributed by atoms with Crippen LogP contribution in [0.5, 0.6) is 11.5 Å². The molecule has 142 valence electrons. The summed E-state index contributed by atoms with van der Waals surface area (Å²) >= 11 is 1.52. The molecule has 1 N–H and O–H groups in total. The van der Waals surface area contributed by atoms with Crippen LogP contribution in [0.4, 0.5) is 0 Å². The smallest absolute Gasteiger partial charge is 0.234 e. The lowest BCUT2D eigenvalue weighted by atomic mass is 10.1. The summed E-state index contributed by atoms with van der Waals surface area (Å²) in [5.41, 5.74) is 0.873. The van der Waals surface area contributed by atoms with E-state index in [9.17, 15) is 4.79 Å². The van der Waals surface area contributed by atoms with Crippen molar-refractivity contribution in [3.05, 3.63) is 34.6 Å². The van der Waals surface area contributed by atoms with Gasteiger partial charge in [-0.2, -0.15) is 9.61 Å². The Kier molecular flexibility index (Phi) is 4.93. The van der Waals surface area contributed by atoms with Crippen LogP contribution in [0.15, 0.2) is 18.2 Å².